The van der Waals surface area contributed by atoms with Gasteiger partial charge in [0.2, 0.25) is 0 Å². The number of aryl methyl sites for hydroxylation is 1. The van der Waals surface area contributed by atoms with Crippen LogP contribution in [0, 0.1) is 5.82 Å². The molecule has 2 fully saturated rings. The summed E-state index contributed by atoms with van der Waals surface area (Å²) in [5.41, 5.74) is 4.44. The first-order chi connectivity index (χ1) is 25.5. The lowest BCUT2D eigenvalue weighted by Crippen LogP contribution is -2.43. The standard InChI is InChI=1S/C32H36Cl2F4N8O4.C2H2F2/c1-43(48-2)29(47)27-25(34)21-14-44(8-5-11-46(21)42-27)28-17-15-49-22(23-24(32(36,37)38)18(33)12-19(39)26(23)35)13-20(17)40-30(41-28)50-16-31-6-3-9-45(31)10-4-7-31;1-2(3)4/h12,22H,3-11,13-16,39H2,1-2H3;1H2. The van der Waals surface area contributed by atoms with Crippen molar-refractivity contribution in [2.45, 2.75) is 76.0 Å². The summed E-state index contributed by atoms with van der Waals surface area (Å²) in [6.45, 7) is 5.45. The van der Waals surface area contributed by atoms with Crippen LogP contribution in [0.1, 0.15) is 76.8 Å². The molecule has 294 valence electrons. The number of amides is 1. The summed E-state index contributed by atoms with van der Waals surface area (Å²) in [5, 5.41) is 4.93. The fourth-order valence-electron chi connectivity index (χ4n) is 7.69. The van der Waals surface area contributed by atoms with Gasteiger partial charge >= 0.3 is 12.2 Å². The molecule has 6 heterocycles. The minimum Gasteiger partial charge on any atom is -0.461 e. The third-order valence-corrected chi connectivity index (χ3v) is 10.9. The van der Waals surface area contributed by atoms with Gasteiger partial charge in [0.1, 0.15) is 12.4 Å². The monoisotopic (exact) mass is 806 g/mol. The molecule has 20 heteroatoms. The highest BCUT2D eigenvalue weighted by molar-refractivity contribution is 6.34. The van der Waals surface area contributed by atoms with Crippen LogP contribution in [0.15, 0.2) is 18.7 Å². The van der Waals surface area contributed by atoms with E-state index >= 15 is 4.39 Å². The lowest BCUT2D eigenvalue weighted by molar-refractivity contribution is -0.140. The summed E-state index contributed by atoms with van der Waals surface area (Å²) in [7, 11) is 2.81. The number of hydrogen-bond acceptors (Lipinski definition) is 10. The second-order valence-electron chi connectivity index (χ2n) is 13.4. The minimum absolute atomic E-state index is 0.0352. The highest BCUT2D eigenvalue weighted by Gasteiger charge is 2.46. The molecule has 2 N–H and O–H groups in total. The van der Waals surface area contributed by atoms with Crippen molar-refractivity contribution in [1.29, 1.82) is 0 Å². The van der Waals surface area contributed by atoms with Crippen LogP contribution in [-0.2, 0) is 41.9 Å². The zero-order valence-corrected chi connectivity index (χ0v) is 30.9. The van der Waals surface area contributed by atoms with Gasteiger partial charge in [-0.2, -0.15) is 37.0 Å². The van der Waals surface area contributed by atoms with Gasteiger partial charge in [0.25, 0.3) is 12.0 Å². The summed E-state index contributed by atoms with van der Waals surface area (Å²) >= 11 is 12.7. The number of anilines is 2. The highest BCUT2D eigenvalue weighted by atomic mass is 35.5. The van der Waals surface area contributed by atoms with Crippen molar-refractivity contribution in [1.82, 2.24) is 29.7 Å². The topological polar surface area (TPSA) is 124 Å². The molecule has 1 amide bonds. The normalized spacial score (nSPS) is 19.3. The maximum atomic E-state index is 15.5. The van der Waals surface area contributed by atoms with Crippen molar-refractivity contribution in [3.05, 3.63) is 68.4 Å². The van der Waals surface area contributed by atoms with Gasteiger partial charge in [-0.25, -0.2) is 9.45 Å². The number of fused-ring (bicyclic) bond motifs is 3. The number of carbonyl (C=O) groups is 1. The third kappa shape index (κ3) is 7.80. The first-order valence-electron chi connectivity index (χ1n) is 17.1. The molecule has 2 aromatic heterocycles. The average Bonchev–Trinajstić information content (AvgIpc) is 3.73. The van der Waals surface area contributed by atoms with Crippen LogP contribution in [0.5, 0.6) is 6.01 Å². The second kappa shape index (κ2) is 15.7. The van der Waals surface area contributed by atoms with Crippen molar-refractivity contribution in [3.8, 4) is 6.01 Å². The molecule has 1 aromatic carbocycles. The average molecular weight is 808 g/mol. The second-order valence-corrected chi connectivity index (χ2v) is 14.2. The number of carbonyl (C=O) groups excluding carboxylic acids is 1. The van der Waals surface area contributed by atoms with E-state index in [1.54, 1.807) is 4.68 Å². The van der Waals surface area contributed by atoms with Gasteiger partial charge in [-0.1, -0.05) is 23.2 Å². The molecule has 4 aliphatic rings. The summed E-state index contributed by atoms with van der Waals surface area (Å²) in [5.74, 6) is -1.33. The van der Waals surface area contributed by atoms with Crippen LogP contribution < -0.4 is 15.4 Å². The van der Waals surface area contributed by atoms with Crippen LogP contribution in [0.3, 0.4) is 0 Å². The number of ether oxygens (including phenoxy) is 2. The van der Waals surface area contributed by atoms with Gasteiger partial charge in [-0.15, -0.1) is 0 Å². The fraction of sp³-hybridized carbons (Fsp3) is 0.529. The predicted octanol–water partition coefficient (Wildman–Crippen LogP) is 6.98. The third-order valence-electron chi connectivity index (χ3n) is 10.2. The largest absolute Gasteiger partial charge is 0.461 e. The fourth-order valence-corrected chi connectivity index (χ4v) is 8.29. The minimum atomic E-state index is -4.98. The van der Waals surface area contributed by atoms with E-state index in [1.165, 1.54) is 14.2 Å². The molecule has 54 heavy (non-hydrogen) atoms. The molecule has 12 nitrogen and oxygen atoms in total. The summed E-state index contributed by atoms with van der Waals surface area (Å²) in [6, 6.07) is 0.804. The van der Waals surface area contributed by atoms with Gasteiger partial charge in [0.05, 0.1) is 64.6 Å². The number of nitrogens with zero attached hydrogens (tertiary/aromatic N) is 7. The Morgan fingerprint density at radius 2 is 1.83 bits per heavy atom. The van der Waals surface area contributed by atoms with E-state index in [9.17, 15) is 26.7 Å². The van der Waals surface area contributed by atoms with E-state index in [-0.39, 0.29) is 41.8 Å². The molecular formula is C34H38Cl2F6N8O4. The SMILES string of the molecule is C=C(F)F.CON(C)C(=O)c1nn2c(c1Cl)CN(c1nc(OCC34CCCN3CCC4)nc3c1COC(c1c(F)c(N)cc(Cl)c1C(F)(F)F)C3)CCC2. The van der Waals surface area contributed by atoms with Crippen molar-refractivity contribution < 1.29 is 45.4 Å². The first kappa shape index (κ1) is 39.8. The number of rotatable bonds is 7. The maximum absolute atomic E-state index is 15.5. The molecule has 3 aromatic rings. The van der Waals surface area contributed by atoms with Crippen molar-refractivity contribution in [3.63, 3.8) is 0 Å². The molecule has 1 unspecified atom stereocenters. The number of aromatic nitrogens is 4. The van der Waals surface area contributed by atoms with Gasteiger partial charge in [-0.3, -0.25) is 19.2 Å². The van der Waals surface area contributed by atoms with Crippen LogP contribution >= 0.6 is 23.2 Å². The molecular weight excluding hydrogens is 769 g/mol. The molecule has 0 aliphatic carbocycles. The smallest absolute Gasteiger partial charge is 0.418 e. The number of hydroxylamine groups is 2. The van der Waals surface area contributed by atoms with Crippen LogP contribution in [-0.4, -0.2) is 81.6 Å². The van der Waals surface area contributed by atoms with Gasteiger partial charge in [-0.05, 0) is 57.8 Å². The maximum Gasteiger partial charge on any atom is 0.418 e. The number of nitrogen functional groups attached to an aromatic ring is 1. The van der Waals surface area contributed by atoms with Crippen molar-refractivity contribution in [2.24, 2.45) is 0 Å². The molecule has 0 spiro atoms. The van der Waals surface area contributed by atoms with E-state index in [1.807, 2.05) is 4.90 Å². The zero-order valence-electron chi connectivity index (χ0n) is 29.4. The van der Waals surface area contributed by atoms with E-state index in [4.69, 9.17) is 48.2 Å². The number of alkyl halides is 3. The van der Waals surface area contributed by atoms with E-state index < -0.39 is 51.9 Å². The Morgan fingerprint density at radius 3 is 2.48 bits per heavy atom. The van der Waals surface area contributed by atoms with Crippen molar-refractivity contribution >= 4 is 40.6 Å². The Kier molecular flexibility index (Phi) is 11.6. The lowest BCUT2D eigenvalue weighted by Gasteiger charge is -2.33. The Bertz CT molecular complexity index is 1920. The predicted molar refractivity (Wildman–Crippen MR) is 186 cm³/mol. The number of hydrogen-bond donors (Lipinski definition) is 1. The summed E-state index contributed by atoms with van der Waals surface area (Å²) in [6.07, 6.45) is -3.78. The Balaban J connectivity index is 0.00000119. The van der Waals surface area contributed by atoms with Gasteiger partial charge in [0.15, 0.2) is 11.5 Å². The Hall–Kier alpha value is -3.84. The zero-order chi connectivity index (χ0) is 39.1. The van der Waals surface area contributed by atoms with Gasteiger partial charge < -0.3 is 20.1 Å². The van der Waals surface area contributed by atoms with E-state index in [0.29, 0.717) is 48.9 Å². The van der Waals surface area contributed by atoms with Crippen LogP contribution in [0.25, 0.3) is 0 Å². The summed E-state index contributed by atoms with van der Waals surface area (Å²) in [4.78, 5) is 31.8. The summed E-state index contributed by atoms with van der Waals surface area (Å²) < 4.78 is 92.5. The van der Waals surface area contributed by atoms with E-state index in [2.05, 4.69) is 21.6 Å². The lowest BCUT2D eigenvalue weighted by atomic mass is 9.93. The van der Waals surface area contributed by atoms with Crippen LogP contribution in [0.4, 0.5) is 37.8 Å². The molecule has 0 saturated carbocycles. The number of benzene rings is 1. The quantitative estimate of drug-likeness (QED) is 0.152. The molecule has 4 aliphatic heterocycles. The number of nitrogens with two attached hydrogens (primary N) is 1. The first-order valence-corrected chi connectivity index (χ1v) is 17.9. The molecule has 2 saturated heterocycles. The molecule has 0 bridgehead atoms. The van der Waals surface area contributed by atoms with Crippen LogP contribution in [0.2, 0.25) is 10.0 Å². The van der Waals surface area contributed by atoms with Crippen molar-refractivity contribution in [2.75, 3.05) is 51.0 Å². The van der Waals surface area contributed by atoms with E-state index in [0.717, 1.165) is 49.9 Å². The highest BCUT2D eigenvalue weighted by Crippen LogP contribution is 2.46. The van der Waals surface area contributed by atoms with Gasteiger partial charge in [0, 0.05) is 37.7 Å². The Morgan fingerprint density at radius 1 is 1.15 bits per heavy atom. The Labute approximate surface area is 316 Å². The number of halogens is 8. The molecule has 7 rings (SSSR count). The molecule has 0 radical (unpaired) electrons. The molecule has 1 atom stereocenters.